The first-order valence-electron chi connectivity index (χ1n) is 8.16. The molecule has 0 saturated heterocycles. The lowest BCUT2D eigenvalue weighted by Gasteiger charge is -2.20. The van der Waals surface area contributed by atoms with E-state index in [1.54, 1.807) is 0 Å². The number of hydrogen-bond acceptors (Lipinski definition) is 2. The fourth-order valence-electron chi connectivity index (χ4n) is 2.88. The lowest BCUT2D eigenvalue weighted by atomic mass is 10.1. The Morgan fingerprint density at radius 1 is 1.27 bits per heavy atom. The lowest BCUT2D eigenvalue weighted by Crippen LogP contribution is -2.42. The predicted octanol–water partition coefficient (Wildman–Crippen LogP) is 3.80. The van der Waals surface area contributed by atoms with E-state index in [1.165, 1.54) is 12.8 Å². The standard InChI is InChI=1S/C17H23ClN2O2/c18-13-5-3-4-12(10-13)16(22-15-8-9-15)11-19-17(21)20-14-6-1-2-7-14/h3-5,10,14-16H,1-2,6-9,11H2,(H2,19,20,21). The van der Waals surface area contributed by atoms with Gasteiger partial charge in [0.2, 0.25) is 0 Å². The van der Waals surface area contributed by atoms with Crippen LogP contribution in [0.25, 0.3) is 0 Å². The Morgan fingerprint density at radius 3 is 2.73 bits per heavy atom. The number of halogens is 1. The Morgan fingerprint density at radius 2 is 2.05 bits per heavy atom. The van der Waals surface area contributed by atoms with Crippen LogP contribution in [0.1, 0.15) is 50.2 Å². The lowest BCUT2D eigenvalue weighted by molar-refractivity contribution is 0.0407. The molecule has 1 aromatic carbocycles. The van der Waals surface area contributed by atoms with Crippen molar-refractivity contribution in [3.8, 4) is 0 Å². The van der Waals surface area contributed by atoms with Crippen LogP contribution in [-0.2, 0) is 4.74 Å². The summed E-state index contributed by atoms with van der Waals surface area (Å²) in [6, 6.07) is 7.90. The molecule has 0 aliphatic heterocycles. The fourth-order valence-corrected chi connectivity index (χ4v) is 3.08. The van der Waals surface area contributed by atoms with E-state index < -0.39 is 0 Å². The van der Waals surface area contributed by atoms with Crippen molar-refractivity contribution in [2.24, 2.45) is 0 Å². The van der Waals surface area contributed by atoms with Gasteiger partial charge in [-0.1, -0.05) is 36.6 Å². The van der Waals surface area contributed by atoms with E-state index >= 15 is 0 Å². The summed E-state index contributed by atoms with van der Waals surface area (Å²) in [5.41, 5.74) is 1.01. The van der Waals surface area contributed by atoms with E-state index in [9.17, 15) is 4.79 Å². The minimum absolute atomic E-state index is 0.0988. The van der Waals surface area contributed by atoms with Gasteiger partial charge in [-0.25, -0.2) is 4.79 Å². The summed E-state index contributed by atoms with van der Waals surface area (Å²) in [5, 5.41) is 6.67. The van der Waals surface area contributed by atoms with Crippen molar-refractivity contribution in [3.63, 3.8) is 0 Å². The second-order valence-electron chi connectivity index (χ2n) is 6.21. The molecule has 1 unspecified atom stereocenters. The summed E-state index contributed by atoms with van der Waals surface area (Å²) in [5.74, 6) is 0. The van der Waals surface area contributed by atoms with Crippen LogP contribution in [0.3, 0.4) is 0 Å². The third kappa shape index (κ3) is 4.62. The van der Waals surface area contributed by atoms with Crippen molar-refractivity contribution in [2.75, 3.05) is 6.54 Å². The van der Waals surface area contributed by atoms with Gasteiger partial charge < -0.3 is 15.4 Å². The number of carbonyl (C=O) groups excluding carboxylic acids is 1. The molecule has 0 spiro atoms. The fraction of sp³-hybridized carbons (Fsp3) is 0.588. The molecule has 2 aliphatic carbocycles. The van der Waals surface area contributed by atoms with E-state index in [2.05, 4.69) is 10.6 Å². The van der Waals surface area contributed by atoms with E-state index in [0.717, 1.165) is 31.2 Å². The highest BCUT2D eigenvalue weighted by atomic mass is 35.5. The third-order valence-electron chi connectivity index (χ3n) is 4.24. The Kier molecular flexibility index (Phi) is 5.21. The molecule has 2 aliphatic rings. The number of urea groups is 1. The Hall–Kier alpha value is -1.26. The van der Waals surface area contributed by atoms with Gasteiger partial charge in [0.15, 0.2) is 0 Å². The van der Waals surface area contributed by atoms with Gasteiger partial charge in [-0.15, -0.1) is 0 Å². The van der Waals surface area contributed by atoms with Crippen molar-refractivity contribution in [1.82, 2.24) is 10.6 Å². The zero-order chi connectivity index (χ0) is 15.4. The van der Waals surface area contributed by atoms with E-state index in [4.69, 9.17) is 16.3 Å². The van der Waals surface area contributed by atoms with Crippen LogP contribution < -0.4 is 10.6 Å². The highest BCUT2D eigenvalue weighted by Gasteiger charge is 2.27. The van der Waals surface area contributed by atoms with Gasteiger partial charge in [-0.05, 0) is 43.4 Å². The number of carbonyl (C=O) groups is 1. The molecule has 22 heavy (non-hydrogen) atoms. The van der Waals surface area contributed by atoms with Gasteiger partial charge in [-0.2, -0.15) is 0 Å². The van der Waals surface area contributed by atoms with Crippen molar-refractivity contribution in [3.05, 3.63) is 34.9 Å². The maximum absolute atomic E-state index is 12.0. The minimum atomic E-state index is -0.138. The molecular weight excluding hydrogens is 300 g/mol. The molecule has 0 aromatic heterocycles. The van der Waals surface area contributed by atoms with Crippen molar-refractivity contribution in [1.29, 1.82) is 0 Å². The molecule has 0 bridgehead atoms. The van der Waals surface area contributed by atoms with E-state index in [-0.39, 0.29) is 12.1 Å². The average molecular weight is 323 g/mol. The zero-order valence-corrected chi connectivity index (χ0v) is 13.4. The van der Waals surface area contributed by atoms with Crippen LogP contribution in [-0.4, -0.2) is 24.7 Å². The molecule has 2 saturated carbocycles. The van der Waals surface area contributed by atoms with Gasteiger partial charge >= 0.3 is 6.03 Å². The molecule has 1 aromatic rings. The SMILES string of the molecule is O=C(NCC(OC1CC1)c1cccc(Cl)c1)NC1CCCC1. The first kappa shape index (κ1) is 15.6. The highest BCUT2D eigenvalue weighted by Crippen LogP contribution is 2.31. The van der Waals surface area contributed by atoms with Crippen LogP contribution >= 0.6 is 11.6 Å². The quantitative estimate of drug-likeness (QED) is 0.837. The minimum Gasteiger partial charge on any atom is -0.368 e. The molecule has 1 atom stereocenters. The second kappa shape index (κ2) is 7.34. The summed E-state index contributed by atoms with van der Waals surface area (Å²) >= 11 is 6.06. The number of amides is 2. The summed E-state index contributed by atoms with van der Waals surface area (Å²) < 4.78 is 6.02. The van der Waals surface area contributed by atoms with Gasteiger partial charge in [0.25, 0.3) is 0 Å². The molecule has 2 fully saturated rings. The first-order chi connectivity index (χ1) is 10.7. The molecule has 3 rings (SSSR count). The number of benzene rings is 1. The van der Waals surface area contributed by atoms with Crippen molar-refractivity contribution >= 4 is 17.6 Å². The van der Waals surface area contributed by atoms with E-state index in [0.29, 0.717) is 23.7 Å². The number of hydrogen-bond donors (Lipinski definition) is 2. The molecule has 2 amide bonds. The molecule has 4 nitrogen and oxygen atoms in total. The topological polar surface area (TPSA) is 50.4 Å². The zero-order valence-electron chi connectivity index (χ0n) is 12.7. The van der Waals surface area contributed by atoms with Crippen molar-refractivity contribution < 1.29 is 9.53 Å². The largest absolute Gasteiger partial charge is 0.368 e. The normalized spacial score (nSPS) is 19.9. The Balaban J connectivity index is 1.54. The molecule has 2 N–H and O–H groups in total. The summed E-state index contributed by atoms with van der Waals surface area (Å²) in [4.78, 5) is 12.0. The van der Waals surface area contributed by atoms with E-state index in [1.807, 2.05) is 24.3 Å². The average Bonchev–Trinajstić information content (AvgIpc) is 3.18. The summed E-state index contributed by atoms with van der Waals surface area (Å²) in [6.45, 7) is 0.468. The smallest absolute Gasteiger partial charge is 0.315 e. The number of ether oxygens (including phenoxy) is 1. The highest BCUT2D eigenvalue weighted by molar-refractivity contribution is 6.30. The van der Waals surface area contributed by atoms with Crippen LogP contribution in [0.2, 0.25) is 5.02 Å². The third-order valence-corrected chi connectivity index (χ3v) is 4.48. The maximum atomic E-state index is 12.0. The first-order valence-corrected chi connectivity index (χ1v) is 8.54. The van der Waals surface area contributed by atoms with Gasteiger partial charge in [-0.3, -0.25) is 0 Å². The van der Waals surface area contributed by atoms with Crippen molar-refractivity contribution in [2.45, 2.75) is 56.8 Å². The van der Waals surface area contributed by atoms with Gasteiger partial charge in [0.05, 0.1) is 6.10 Å². The van der Waals surface area contributed by atoms with Crippen LogP contribution in [0, 0.1) is 0 Å². The Labute approximate surface area is 136 Å². The maximum Gasteiger partial charge on any atom is 0.315 e. The monoisotopic (exact) mass is 322 g/mol. The number of nitrogens with one attached hydrogen (secondary N) is 2. The van der Waals surface area contributed by atoms with Crippen LogP contribution in [0.4, 0.5) is 4.79 Å². The van der Waals surface area contributed by atoms with Crippen LogP contribution in [0.5, 0.6) is 0 Å². The predicted molar refractivity (Wildman–Crippen MR) is 87.1 cm³/mol. The van der Waals surface area contributed by atoms with Gasteiger partial charge in [0, 0.05) is 17.6 Å². The summed E-state index contributed by atoms with van der Waals surface area (Å²) in [6.07, 6.45) is 6.98. The molecular formula is C17H23ClN2O2. The van der Waals surface area contributed by atoms with Crippen LogP contribution in [0.15, 0.2) is 24.3 Å². The Bertz CT molecular complexity index is 513. The molecule has 0 heterocycles. The molecule has 5 heteroatoms. The molecule has 0 radical (unpaired) electrons. The van der Waals surface area contributed by atoms with Gasteiger partial charge in [0.1, 0.15) is 6.10 Å². The molecule has 120 valence electrons. The number of rotatable bonds is 6. The summed E-state index contributed by atoms with van der Waals surface area (Å²) in [7, 11) is 0. The second-order valence-corrected chi connectivity index (χ2v) is 6.65.